The van der Waals surface area contributed by atoms with Crippen molar-refractivity contribution in [2.24, 2.45) is 23.2 Å². The van der Waals surface area contributed by atoms with E-state index in [1.807, 2.05) is 24.3 Å². The fourth-order valence-electron chi connectivity index (χ4n) is 7.04. The number of imide groups is 1. The summed E-state index contributed by atoms with van der Waals surface area (Å²) >= 11 is 7.87. The minimum absolute atomic E-state index is 0.155. The monoisotopic (exact) mass is 659 g/mol. The van der Waals surface area contributed by atoms with Crippen LogP contribution < -0.4 is 9.47 Å². The number of hydrogen-bond donors (Lipinski definition) is 0. The number of benzene rings is 2. The molecule has 6 nitrogen and oxygen atoms in total. The number of carbonyl (C=O) groups is 3. The minimum Gasteiger partial charge on any atom is -0.493 e. The lowest BCUT2D eigenvalue weighted by Crippen LogP contribution is -2.51. The summed E-state index contributed by atoms with van der Waals surface area (Å²) in [5.74, 6) is 2.18. The van der Waals surface area contributed by atoms with Crippen LogP contribution in [0.3, 0.4) is 0 Å². The lowest BCUT2D eigenvalue weighted by molar-refractivity contribution is -0.161. The van der Waals surface area contributed by atoms with Crippen molar-refractivity contribution in [3.05, 3.63) is 61.4 Å². The summed E-state index contributed by atoms with van der Waals surface area (Å²) in [7, 11) is 1.53. The van der Waals surface area contributed by atoms with Crippen molar-refractivity contribution < 1.29 is 23.9 Å². The van der Waals surface area contributed by atoms with E-state index in [0.717, 1.165) is 41.1 Å². The van der Waals surface area contributed by atoms with E-state index in [1.165, 1.54) is 31.3 Å². The molecule has 0 N–H and O–H groups in total. The first-order valence-corrected chi connectivity index (χ1v) is 15.2. The smallest absolute Gasteiger partial charge is 0.317 e. The molecule has 0 radical (unpaired) electrons. The second kappa shape index (κ2) is 10.1. The van der Waals surface area contributed by atoms with Gasteiger partial charge in [0, 0.05) is 4.47 Å². The van der Waals surface area contributed by atoms with Gasteiger partial charge in [0.15, 0.2) is 11.5 Å². The SMILES string of the molecule is COc1cc(/C=C2\SC(=O)N(Cc3ccc(Br)cc3)C2=O)cc(Br)c1OC(=O)C12CC3CC(CC(C3)C1)C2. The molecular formula is C29H27Br2NO5S. The number of esters is 1. The van der Waals surface area contributed by atoms with Gasteiger partial charge < -0.3 is 9.47 Å². The highest BCUT2D eigenvalue weighted by molar-refractivity contribution is 9.10. The Bertz CT molecular complexity index is 1320. The number of carbonyl (C=O) groups excluding carboxylic acids is 3. The summed E-state index contributed by atoms with van der Waals surface area (Å²) < 4.78 is 13.1. The highest BCUT2D eigenvalue weighted by Crippen LogP contribution is 2.60. The fourth-order valence-corrected chi connectivity index (χ4v) is 8.69. The molecule has 1 heterocycles. The summed E-state index contributed by atoms with van der Waals surface area (Å²) in [6, 6.07) is 11.0. The Morgan fingerprint density at radius 1 is 1.05 bits per heavy atom. The standard InChI is InChI=1S/C29H27Br2NO5S/c1-36-23-10-17(11-24-26(33)32(28(35)38-24)15-16-2-4-21(30)5-3-16)9-22(31)25(23)37-27(34)29-12-18-6-19(13-29)8-20(7-18)14-29/h2-5,9-11,18-20H,6-8,12-15H2,1H3/b24-11-. The van der Waals surface area contributed by atoms with E-state index in [2.05, 4.69) is 31.9 Å². The third kappa shape index (κ3) is 4.86. The van der Waals surface area contributed by atoms with Gasteiger partial charge in [-0.2, -0.15) is 0 Å². The molecule has 2 amide bonds. The molecule has 0 aromatic heterocycles. The van der Waals surface area contributed by atoms with E-state index >= 15 is 0 Å². The summed E-state index contributed by atoms with van der Waals surface area (Å²) in [4.78, 5) is 40.8. The highest BCUT2D eigenvalue weighted by atomic mass is 79.9. The lowest BCUT2D eigenvalue weighted by atomic mass is 9.49. The molecule has 0 atom stereocenters. The van der Waals surface area contributed by atoms with Gasteiger partial charge in [-0.05, 0) is 125 Å². The van der Waals surface area contributed by atoms with Crippen LogP contribution in [0.1, 0.15) is 49.7 Å². The largest absolute Gasteiger partial charge is 0.493 e. The average Bonchev–Trinajstić information content (AvgIpc) is 3.13. The minimum atomic E-state index is -0.384. The zero-order chi connectivity index (χ0) is 26.6. The topological polar surface area (TPSA) is 72.9 Å². The summed E-state index contributed by atoms with van der Waals surface area (Å²) in [5, 5.41) is -0.309. The molecule has 7 rings (SSSR count). The Hall–Kier alpha value is -2.10. The number of nitrogens with zero attached hydrogens (tertiary/aromatic N) is 1. The van der Waals surface area contributed by atoms with Gasteiger partial charge in [-0.1, -0.05) is 28.1 Å². The third-order valence-electron chi connectivity index (χ3n) is 8.34. The first-order valence-electron chi connectivity index (χ1n) is 12.8. The van der Waals surface area contributed by atoms with Crippen LogP contribution in [0.25, 0.3) is 6.08 Å². The first-order chi connectivity index (χ1) is 18.2. The van der Waals surface area contributed by atoms with Crippen LogP contribution in [-0.4, -0.2) is 29.1 Å². The maximum Gasteiger partial charge on any atom is 0.317 e. The summed E-state index contributed by atoms with van der Waals surface area (Å²) in [6.07, 6.45) is 8.20. The van der Waals surface area contributed by atoms with Crippen molar-refractivity contribution in [2.75, 3.05) is 7.11 Å². The van der Waals surface area contributed by atoms with Gasteiger partial charge in [0.1, 0.15) is 0 Å². The molecule has 1 saturated heterocycles. The predicted molar refractivity (Wildman–Crippen MR) is 153 cm³/mol. The third-order valence-corrected chi connectivity index (χ3v) is 10.4. The van der Waals surface area contributed by atoms with Crippen LogP contribution in [-0.2, 0) is 16.1 Å². The van der Waals surface area contributed by atoms with E-state index in [0.29, 0.717) is 44.2 Å². The molecular weight excluding hydrogens is 634 g/mol. The molecule has 5 aliphatic rings. The number of hydrogen-bond acceptors (Lipinski definition) is 6. The molecule has 9 heteroatoms. The quantitative estimate of drug-likeness (QED) is 0.181. The highest BCUT2D eigenvalue weighted by Gasteiger charge is 2.55. The van der Waals surface area contributed by atoms with Gasteiger partial charge >= 0.3 is 5.97 Å². The van der Waals surface area contributed by atoms with Crippen LogP contribution in [0.4, 0.5) is 4.79 Å². The molecule has 2 aromatic rings. The van der Waals surface area contributed by atoms with Crippen LogP contribution in [0.2, 0.25) is 0 Å². The number of thioether (sulfide) groups is 1. The van der Waals surface area contributed by atoms with Crippen molar-refractivity contribution in [1.82, 2.24) is 4.90 Å². The second-order valence-corrected chi connectivity index (χ2v) is 13.8. The van der Waals surface area contributed by atoms with Crippen molar-refractivity contribution in [1.29, 1.82) is 0 Å². The molecule has 1 aliphatic heterocycles. The van der Waals surface area contributed by atoms with Crippen LogP contribution in [0.5, 0.6) is 11.5 Å². The molecule has 4 saturated carbocycles. The van der Waals surface area contributed by atoms with Crippen LogP contribution in [0, 0.1) is 23.2 Å². The molecule has 4 bridgehead atoms. The number of ether oxygens (including phenoxy) is 2. The van der Waals surface area contributed by atoms with Gasteiger partial charge in [0.25, 0.3) is 11.1 Å². The van der Waals surface area contributed by atoms with E-state index in [-0.39, 0.29) is 29.1 Å². The number of amides is 2. The van der Waals surface area contributed by atoms with Gasteiger partial charge in [-0.25, -0.2) is 0 Å². The van der Waals surface area contributed by atoms with Crippen LogP contribution in [0.15, 0.2) is 50.2 Å². The van der Waals surface area contributed by atoms with Gasteiger partial charge in [-0.3, -0.25) is 19.3 Å². The van der Waals surface area contributed by atoms with Gasteiger partial charge in [-0.15, -0.1) is 0 Å². The average molecular weight is 661 g/mol. The lowest BCUT2D eigenvalue weighted by Gasteiger charge is -2.55. The van der Waals surface area contributed by atoms with E-state index in [1.54, 1.807) is 18.2 Å². The Labute approximate surface area is 242 Å². The second-order valence-electron chi connectivity index (χ2n) is 11.0. The molecule has 2 aromatic carbocycles. The first kappa shape index (κ1) is 26.1. The number of methoxy groups -OCH3 is 1. The number of rotatable bonds is 6. The molecule has 38 heavy (non-hydrogen) atoms. The van der Waals surface area contributed by atoms with Crippen molar-refractivity contribution in [3.8, 4) is 11.5 Å². The Kier molecular flexibility index (Phi) is 6.97. The molecule has 0 unspecified atom stereocenters. The fraction of sp³-hybridized carbons (Fsp3) is 0.414. The van der Waals surface area contributed by atoms with E-state index < -0.39 is 0 Å². The Morgan fingerprint density at radius 3 is 2.29 bits per heavy atom. The van der Waals surface area contributed by atoms with Gasteiger partial charge in [0.05, 0.1) is 28.4 Å². The van der Waals surface area contributed by atoms with Crippen molar-refractivity contribution in [2.45, 2.75) is 45.1 Å². The molecule has 198 valence electrons. The van der Waals surface area contributed by atoms with Crippen molar-refractivity contribution in [3.63, 3.8) is 0 Å². The zero-order valence-corrected chi connectivity index (χ0v) is 24.9. The zero-order valence-electron chi connectivity index (χ0n) is 20.9. The van der Waals surface area contributed by atoms with E-state index in [4.69, 9.17) is 9.47 Å². The van der Waals surface area contributed by atoms with Crippen molar-refractivity contribution >= 4 is 66.8 Å². The maximum atomic E-state index is 13.5. The maximum absolute atomic E-state index is 13.5. The predicted octanol–water partition coefficient (Wildman–Crippen LogP) is 7.58. The number of halogens is 2. The molecule has 4 aliphatic carbocycles. The summed E-state index contributed by atoms with van der Waals surface area (Å²) in [6.45, 7) is 0.210. The van der Waals surface area contributed by atoms with Crippen LogP contribution >= 0.6 is 43.6 Å². The normalized spacial score (nSPS) is 28.9. The van der Waals surface area contributed by atoms with E-state index in [9.17, 15) is 14.4 Å². The Balaban J connectivity index is 1.21. The molecule has 0 spiro atoms. The Morgan fingerprint density at radius 2 is 1.68 bits per heavy atom. The summed E-state index contributed by atoms with van der Waals surface area (Å²) in [5.41, 5.74) is 1.15. The molecule has 5 fully saturated rings. The van der Waals surface area contributed by atoms with Gasteiger partial charge in [0.2, 0.25) is 0 Å².